The molecule has 0 aliphatic carbocycles. The largest absolute Gasteiger partial charge is 0.435 e. The van der Waals surface area contributed by atoms with E-state index in [2.05, 4.69) is 25.4 Å². The number of thiazole rings is 1. The normalized spacial score (nSPS) is 11.6. The zero-order valence-electron chi connectivity index (χ0n) is 14.5. The van der Waals surface area contributed by atoms with Crippen molar-refractivity contribution in [1.82, 2.24) is 24.7 Å². The molecule has 0 spiro atoms. The molecule has 0 amide bonds. The summed E-state index contributed by atoms with van der Waals surface area (Å²) in [6, 6.07) is 9.46. The molecule has 0 aliphatic heterocycles. The molecule has 6 nitrogen and oxygen atoms in total. The number of alkyl halides is 3. The first-order valence-electron chi connectivity index (χ1n) is 8.15. The van der Waals surface area contributed by atoms with Crippen LogP contribution in [0.3, 0.4) is 0 Å². The molecule has 0 bridgehead atoms. The molecule has 3 aromatic heterocycles. The summed E-state index contributed by atoms with van der Waals surface area (Å²) >= 11 is 1.54. The molecule has 1 aromatic carbocycles. The fraction of sp³-hybridized carbons (Fsp3) is 0.111. The van der Waals surface area contributed by atoms with Gasteiger partial charge in [0, 0.05) is 29.2 Å². The Morgan fingerprint density at radius 1 is 1.04 bits per heavy atom. The summed E-state index contributed by atoms with van der Waals surface area (Å²) in [7, 11) is 0. The van der Waals surface area contributed by atoms with Crippen molar-refractivity contribution in [2.75, 3.05) is 5.32 Å². The van der Waals surface area contributed by atoms with Crippen molar-refractivity contribution in [3.8, 4) is 16.4 Å². The quantitative estimate of drug-likeness (QED) is 0.528. The summed E-state index contributed by atoms with van der Waals surface area (Å²) in [5.41, 5.74) is 0.981. The van der Waals surface area contributed by atoms with Gasteiger partial charge in [-0.15, -0.1) is 11.3 Å². The van der Waals surface area contributed by atoms with Crippen LogP contribution in [0.2, 0.25) is 0 Å². The van der Waals surface area contributed by atoms with Crippen molar-refractivity contribution < 1.29 is 13.2 Å². The molecule has 4 rings (SSSR count). The SMILES string of the molecule is Cc1cnc(-c2ccnc(Nc3ccc(-n4ccc(C(F)(F)F)n4)cc3)n2)s1. The molecule has 28 heavy (non-hydrogen) atoms. The van der Waals surface area contributed by atoms with Crippen molar-refractivity contribution in [3.63, 3.8) is 0 Å². The van der Waals surface area contributed by atoms with Gasteiger partial charge >= 0.3 is 6.18 Å². The van der Waals surface area contributed by atoms with Gasteiger partial charge in [-0.2, -0.15) is 18.3 Å². The zero-order chi connectivity index (χ0) is 19.7. The summed E-state index contributed by atoms with van der Waals surface area (Å²) in [6.07, 6.45) is 0.227. The van der Waals surface area contributed by atoms with Gasteiger partial charge in [-0.05, 0) is 43.3 Å². The van der Waals surface area contributed by atoms with E-state index in [1.54, 1.807) is 54.1 Å². The van der Waals surface area contributed by atoms with E-state index in [9.17, 15) is 13.2 Å². The number of aromatic nitrogens is 5. The van der Waals surface area contributed by atoms with E-state index in [4.69, 9.17) is 0 Å². The molecule has 3 heterocycles. The molecule has 0 aliphatic rings. The Morgan fingerprint density at radius 2 is 1.82 bits per heavy atom. The Kier molecular flexibility index (Phi) is 4.55. The van der Waals surface area contributed by atoms with Gasteiger partial charge in [0.1, 0.15) is 10.7 Å². The number of halogens is 3. The number of hydrogen-bond acceptors (Lipinski definition) is 6. The lowest BCUT2D eigenvalue weighted by Gasteiger charge is -2.07. The number of benzene rings is 1. The molecule has 0 saturated heterocycles. The third-order valence-corrected chi connectivity index (χ3v) is 4.70. The van der Waals surface area contributed by atoms with Crippen LogP contribution in [0.15, 0.2) is 55.0 Å². The summed E-state index contributed by atoms with van der Waals surface area (Å²) in [5, 5.41) is 7.43. The van der Waals surface area contributed by atoms with E-state index in [0.29, 0.717) is 23.0 Å². The van der Waals surface area contributed by atoms with Crippen LogP contribution in [0.4, 0.5) is 24.8 Å². The topological polar surface area (TPSA) is 68.5 Å². The molecule has 0 atom stereocenters. The Hall–Kier alpha value is -3.27. The van der Waals surface area contributed by atoms with Crippen LogP contribution in [0.1, 0.15) is 10.6 Å². The third kappa shape index (κ3) is 3.86. The molecule has 142 valence electrons. The van der Waals surface area contributed by atoms with E-state index < -0.39 is 11.9 Å². The molecule has 0 unspecified atom stereocenters. The first-order valence-corrected chi connectivity index (χ1v) is 8.96. The Labute approximate surface area is 161 Å². The highest BCUT2D eigenvalue weighted by Gasteiger charge is 2.33. The van der Waals surface area contributed by atoms with Gasteiger partial charge in [-0.1, -0.05) is 0 Å². The molecule has 0 radical (unpaired) electrons. The summed E-state index contributed by atoms with van der Waals surface area (Å²) in [5.74, 6) is 0.400. The highest BCUT2D eigenvalue weighted by atomic mass is 32.1. The molecular formula is C18H13F3N6S. The lowest BCUT2D eigenvalue weighted by atomic mass is 10.3. The van der Waals surface area contributed by atoms with Crippen LogP contribution in [0.25, 0.3) is 16.4 Å². The summed E-state index contributed by atoms with van der Waals surface area (Å²) < 4.78 is 39.2. The Morgan fingerprint density at radius 3 is 2.46 bits per heavy atom. The van der Waals surface area contributed by atoms with Crippen molar-refractivity contribution in [3.05, 3.63) is 65.6 Å². The van der Waals surface area contributed by atoms with Crippen LogP contribution in [-0.2, 0) is 6.18 Å². The third-order valence-electron chi connectivity index (χ3n) is 3.76. The van der Waals surface area contributed by atoms with E-state index >= 15 is 0 Å². The van der Waals surface area contributed by atoms with Crippen molar-refractivity contribution in [2.45, 2.75) is 13.1 Å². The first kappa shape index (κ1) is 18.1. The maximum atomic E-state index is 12.7. The fourth-order valence-corrected chi connectivity index (χ4v) is 3.19. The number of nitrogens with one attached hydrogen (secondary N) is 1. The molecular weight excluding hydrogens is 389 g/mol. The summed E-state index contributed by atoms with van der Waals surface area (Å²) in [6.45, 7) is 1.97. The maximum absolute atomic E-state index is 12.7. The van der Waals surface area contributed by atoms with E-state index in [1.807, 2.05) is 6.92 Å². The first-order chi connectivity index (χ1) is 13.4. The lowest BCUT2D eigenvalue weighted by Crippen LogP contribution is -2.07. The van der Waals surface area contributed by atoms with E-state index in [-0.39, 0.29) is 0 Å². The second kappa shape index (κ2) is 7.04. The fourth-order valence-electron chi connectivity index (χ4n) is 2.46. The lowest BCUT2D eigenvalue weighted by molar-refractivity contribution is -0.141. The average molecular weight is 402 g/mol. The van der Waals surface area contributed by atoms with Crippen molar-refractivity contribution in [2.24, 2.45) is 0 Å². The minimum atomic E-state index is -4.47. The van der Waals surface area contributed by atoms with Gasteiger partial charge in [0.05, 0.1) is 5.69 Å². The maximum Gasteiger partial charge on any atom is 0.435 e. The molecule has 4 aromatic rings. The predicted molar refractivity (Wildman–Crippen MR) is 99.7 cm³/mol. The summed E-state index contributed by atoms with van der Waals surface area (Å²) in [4.78, 5) is 14.0. The van der Waals surface area contributed by atoms with Gasteiger partial charge < -0.3 is 5.32 Å². The standard InChI is InChI=1S/C18H13F3N6S/c1-11-10-23-16(28-11)14-6-8-22-17(25-14)24-12-2-4-13(5-3-12)27-9-7-15(26-27)18(19,20)21/h2-10H,1H3,(H,22,24,25). The Balaban J connectivity index is 1.51. The Bertz CT molecular complexity index is 1100. The van der Waals surface area contributed by atoms with Crippen LogP contribution in [0, 0.1) is 6.92 Å². The molecule has 10 heteroatoms. The predicted octanol–water partition coefficient (Wildman–Crippen LogP) is 4.86. The average Bonchev–Trinajstić information content (AvgIpc) is 3.32. The van der Waals surface area contributed by atoms with Crippen molar-refractivity contribution >= 4 is 23.0 Å². The smallest absolute Gasteiger partial charge is 0.324 e. The second-order valence-electron chi connectivity index (χ2n) is 5.86. The minimum Gasteiger partial charge on any atom is -0.324 e. The highest BCUT2D eigenvalue weighted by Crippen LogP contribution is 2.28. The number of aryl methyl sites for hydroxylation is 1. The van der Waals surface area contributed by atoms with Crippen LogP contribution in [-0.4, -0.2) is 24.7 Å². The second-order valence-corrected chi connectivity index (χ2v) is 7.09. The van der Waals surface area contributed by atoms with Gasteiger partial charge in [-0.25, -0.2) is 19.6 Å². The van der Waals surface area contributed by atoms with Gasteiger partial charge in [-0.3, -0.25) is 0 Å². The number of rotatable bonds is 4. The van der Waals surface area contributed by atoms with Gasteiger partial charge in [0.25, 0.3) is 0 Å². The van der Waals surface area contributed by atoms with Crippen LogP contribution in [0.5, 0.6) is 0 Å². The van der Waals surface area contributed by atoms with E-state index in [1.165, 1.54) is 10.9 Å². The van der Waals surface area contributed by atoms with Gasteiger partial charge in [0.2, 0.25) is 5.95 Å². The van der Waals surface area contributed by atoms with Gasteiger partial charge in [0.15, 0.2) is 5.69 Å². The molecule has 1 N–H and O–H groups in total. The zero-order valence-corrected chi connectivity index (χ0v) is 15.3. The number of anilines is 2. The highest BCUT2D eigenvalue weighted by molar-refractivity contribution is 7.14. The monoisotopic (exact) mass is 402 g/mol. The van der Waals surface area contributed by atoms with Crippen LogP contribution >= 0.6 is 11.3 Å². The van der Waals surface area contributed by atoms with E-state index in [0.717, 1.165) is 16.0 Å². The molecule has 0 fully saturated rings. The van der Waals surface area contributed by atoms with Crippen LogP contribution < -0.4 is 5.32 Å². The molecule has 0 saturated carbocycles. The number of nitrogens with zero attached hydrogens (tertiary/aromatic N) is 5. The number of hydrogen-bond donors (Lipinski definition) is 1. The van der Waals surface area contributed by atoms with Crippen molar-refractivity contribution in [1.29, 1.82) is 0 Å². The minimum absolute atomic E-state index is 0.400.